The average Bonchev–Trinajstić information content (AvgIpc) is 2.61. The maximum absolute atomic E-state index is 14.3. The Kier molecular flexibility index (Phi) is 7.28. The molecular weight excluding hydrogens is 674 g/mol. The second kappa shape index (κ2) is 8.72. The van der Waals surface area contributed by atoms with E-state index in [9.17, 15) is 40.4 Å². The van der Waals surface area contributed by atoms with E-state index < -0.39 is 29.5 Å². The number of hydrogen-bond donors (Lipinski definition) is 1. The van der Waals surface area contributed by atoms with Gasteiger partial charge in [0.15, 0.2) is 0 Å². The van der Waals surface area contributed by atoms with Gasteiger partial charge >= 0.3 is 18.0 Å². The number of nitrogens with zero attached hydrogens (tertiary/aromatic N) is 1. The largest absolute Gasteiger partial charge is 0.435 e. The second-order valence-corrected chi connectivity index (χ2v) is 8.36. The summed E-state index contributed by atoms with van der Waals surface area (Å²) in [6, 6.07) is 4.42. The van der Waals surface area contributed by atoms with Crippen LogP contribution in [0.15, 0.2) is 35.5 Å². The first kappa shape index (κ1) is 25.0. The predicted molar refractivity (Wildman–Crippen MR) is 112 cm³/mol. The fourth-order valence-corrected chi connectivity index (χ4v) is 4.61. The van der Waals surface area contributed by atoms with Gasteiger partial charge in [-0.3, -0.25) is 4.79 Å². The first-order valence-electron chi connectivity index (χ1n) is 7.40. The van der Waals surface area contributed by atoms with E-state index in [1.165, 1.54) is 63.4 Å². The molecule has 30 heavy (non-hydrogen) atoms. The number of benzene rings is 2. The van der Waals surface area contributed by atoms with Gasteiger partial charge in [-0.05, 0) is 74.6 Å². The number of alkyl halides is 7. The van der Waals surface area contributed by atoms with Crippen LogP contribution in [0, 0.1) is 12.0 Å². The van der Waals surface area contributed by atoms with E-state index in [2.05, 4.69) is 10.5 Å². The summed E-state index contributed by atoms with van der Waals surface area (Å²) in [6.07, 6.45) is -12.5. The summed E-state index contributed by atoms with van der Waals surface area (Å²) in [5, 5.41) is 4.59. The van der Waals surface area contributed by atoms with Crippen molar-refractivity contribution < 1.29 is 35.5 Å². The summed E-state index contributed by atoms with van der Waals surface area (Å²) < 4.78 is 91.6. The number of nitrogens with one attached hydrogen (secondary N) is 1. The topological polar surface area (TPSA) is 58.5 Å². The van der Waals surface area contributed by atoms with Gasteiger partial charge in [0.1, 0.15) is 5.69 Å². The van der Waals surface area contributed by atoms with Gasteiger partial charge in [0.05, 0.1) is 16.3 Å². The van der Waals surface area contributed by atoms with Gasteiger partial charge in [-0.25, -0.2) is 4.39 Å². The Hall–Kier alpha value is -1.23. The fraction of sp³-hybridized carbons (Fsp3) is 0.188. The van der Waals surface area contributed by atoms with Crippen molar-refractivity contribution in [1.82, 2.24) is 0 Å². The molecule has 0 atom stereocenters. The number of halogens is 10. The number of amides is 1. The minimum absolute atomic E-state index is 0.169. The monoisotopic (exact) mass is 680 g/mol. The number of carbonyl (C=O) groups excluding carboxylic acids is 1. The lowest BCUT2D eigenvalue weighted by Crippen LogP contribution is -2.50. The minimum Gasteiger partial charge on any atom is -0.320 e. The average molecular weight is 680 g/mol. The molecule has 1 amide bonds. The highest BCUT2D eigenvalue weighted by Gasteiger charge is 2.73. The van der Waals surface area contributed by atoms with Crippen LogP contribution in [0.2, 0.25) is 5.02 Å². The van der Waals surface area contributed by atoms with E-state index >= 15 is 0 Å². The molecule has 0 heterocycles. The van der Waals surface area contributed by atoms with Crippen molar-refractivity contribution in [3.8, 4) is 0 Å². The molecule has 0 aliphatic rings. The van der Waals surface area contributed by atoms with Crippen molar-refractivity contribution in [1.29, 1.82) is 0 Å². The van der Waals surface area contributed by atoms with Crippen LogP contribution < -0.4 is 5.32 Å². The highest BCUT2D eigenvalue weighted by Crippen LogP contribution is 2.54. The highest BCUT2D eigenvalue weighted by molar-refractivity contribution is 14.1. The van der Waals surface area contributed by atoms with E-state index in [-0.39, 0.29) is 29.1 Å². The molecule has 14 heteroatoms. The Labute approximate surface area is 195 Å². The maximum Gasteiger partial charge on any atom is 0.435 e. The molecule has 0 saturated carbocycles. The highest BCUT2D eigenvalue weighted by atomic mass is 127. The number of rotatable bonds is 4. The molecule has 0 unspecified atom stereocenters. The predicted octanol–water partition coefficient (Wildman–Crippen LogP) is 7.49. The maximum atomic E-state index is 14.3. The third kappa shape index (κ3) is 4.51. The van der Waals surface area contributed by atoms with E-state index in [0.717, 1.165) is 0 Å². The summed E-state index contributed by atoms with van der Waals surface area (Å²) in [5.74, 6) is -0.910. The van der Waals surface area contributed by atoms with Gasteiger partial charge in [0.2, 0.25) is 0 Å². The van der Waals surface area contributed by atoms with E-state index in [1.54, 1.807) is 0 Å². The van der Waals surface area contributed by atoms with Crippen LogP contribution in [-0.4, -0.2) is 18.3 Å². The molecule has 162 valence electrons. The molecule has 0 spiro atoms. The lowest BCUT2D eigenvalue weighted by atomic mass is 9.94. The molecule has 2 aromatic carbocycles. The Balaban J connectivity index is 2.52. The van der Waals surface area contributed by atoms with Crippen molar-refractivity contribution in [2.75, 3.05) is 5.32 Å². The zero-order valence-corrected chi connectivity index (χ0v) is 19.0. The van der Waals surface area contributed by atoms with Gasteiger partial charge in [0, 0.05) is 12.7 Å². The van der Waals surface area contributed by atoms with Crippen molar-refractivity contribution >= 4 is 74.1 Å². The molecule has 0 bridgehead atoms. The summed E-state index contributed by atoms with van der Waals surface area (Å²) in [5.41, 5.74) is -7.91. The van der Waals surface area contributed by atoms with Gasteiger partial charge in [0.25, 0.3) is 5.91 Å². The number of hydrogen-bond acceptors (Lipinski definition) is 3. The van der Waals surface area contributed by atoms with Crippen LogP contribution in [0.1, 0.15) is 15.9 Å². The van der Waals surface area contributed by atoms with E-state index in [4.69, 9.17) is 11.6 Å². The molecule has 0 aliphatic heterocycles. The van der Waals surface area contributed by atoms with Crippen LogP contribution >= 0.6 is 56.8 Å². The molecule has 4 nitrogen and oxygen atoms in total. The molecule has 0 saturated heterocycles. The van der Waals surface area contributed by atoms with Crippen molar-refractivity contribution in [3.05, 3.63) is 58.5 Å². The van der Waals surface area contributed by atoms with Crippen molar-refractivity contribution in [2.24, 2.45) is 5.18 Å². The smallest absolute Gasteiger partial charge is 0.320 e. The molecule has 0 aromatic heterocycles. The molecule has 2 rings (SSSR count). The number of nitroso groups, excluding NO2 is 1. The Morgan fingerprint density at radius 2 is 1.47 bits per heavy atom. The summed E-state index contributed by atoms with van der Waals surface area (Å²) >= 11 is 8.60. The number of carbonyl (C=O) groups is 1. The summed E-state index contributed by atoms with van der Waals surface area (Å²) in [6.45, 7) is 0. The summed E-state index contributed by atoms with van der Waals surface area (Å²) in [4.78, 5) is 23.1. The fourth-order valence-electron chi connectivity index (χ4n) is 2.33. The normalized spacial score (nSPS) is 12.6. The second-order valence-electron chi connectivity index (χ2n) is 5.65. The molecule has 0 radical (unpaired) electrons. The van der Waals surface area contributed by atoms with Crippen LogP contribution in [0.4, 0.5) is 42.1 Å². The van der Waals surface area contributed by atoms with E-state index in [0.29, 0.717) is 12.1 Å². The minimum atomic E-state index is -6.27. The Bertz CT molecular complexity index is 975. The van der Waals surface area contributed by atoms with Crippen LogP contribution in [0.25, 0.3) is 0 Å². The van der Waals surface area contributed by atoms with Crippen molar-refractivity contribution in [2.45, 2.75) is 18.0 Å². The van der Waals surface area contributed by atoms with Crippen LogP contribution in [0.5, 0.6) is 0 Å². The summed E-state index contributed by atoms with van der Waals surface area (Å²) in [7, 11) is 0. The third-order valence-electron chi connectivity index (χ3n) is 3.78. The Morgan fingerprint density at radius 1 is 0.967 bits per heavy atom. The Morgan fingerprint density at radius 3 is 1.90 bits per heavy atom. The first-order chi connectivity index (χ1) is 13.6. The SMILES string of the molecule is O=Nc1cccc(C(=O)Nc2c(I)cc(C(F)(C(F)(F)F)C(F)(F)F)cc2I)c1Cl. The van der Waals surface area contributed by atoms with Gasteiger partial charge in [-0.2, -0.15) is 26.3 Å². The third-order valence-corrected chi connectivity index (χ3v) is 5.88. The van der Waals surface area contributed by atoms with Gasteiger partial charge in [-0.1, -0.05) is 17.7 Å². The molecule has 0 fully saturated rings. The van der Waals surface area contributed by atoms with Crippen molar-refractivity contribution in [3.63, 3.8) is 0 Å². The van der Waals surface area contributed by atoms with Gasteiger partial charge in [-0.15, -0.1) is 4.91 Å². The van der Waals surface area contributed by atoms with E-state index in [1.807, 2.05) is 0 Å². The molecular formula is C16H6ClF7I2N2O2. The first-order valence-corrected chi connectivity index (χ1v) is 9.93. The zero-order chi connectivity index (χ0) is 23.1. The lowest BCUT2D eigenvalue weighted by Gasteiger charge is -2.31. The molecule has 2 aromatic rings. The van der Waals surface area contributed by atoms with Crippen LogP contribution in [-0.2, 0) is 5.67 Å². The number of anilines is 1. The quantitative estimate of drug-likeness (QED) is 0.207. The van der Waals surface area contributed by atoms with Crippen LogP contribution in [0.3, 0.4) is 0 Å². The van der Waals surface area contributed by atoms with Gasteiger partial charge < -0.3 is 5.32 Å². The zero-order valence-electron chi connectivity index (χ0n) is 13.9. The molecule has 1 N–H and O–H groups in total. The molecule has 0 aliphatic carbocycles. The lowest BCUT2D eigenvalue weighted by molar-refractivity contribution is -0.348. The standard InChI is InChI=1S/C16H6ClF7I2N2O2/c17-11-7(2-1-3-10(11)28-30)13(29)27-12-8(25)4-6(5-9(12)26)14(18,15(19,20)21)16(22,23)24/h1-5H,(H,27,29).